The normalized spacial score (nSPS) is 19.0. The number of aromatic nitrogens is 3. The second kappa shape index (κ2) is 8.39. The fraction of sp³-hybridized carbons (Fsp3) is 0.476. The van der Waals surface area contributed by atoms with Crippen LogP contribution in [0.25, 0.3) is 5.52 Å². The summed E-state index contributed by atoms with van der Waals surface area (Å²) < 4.78 is 18.5. The number of ether oxygens (including phenoxy) is 2. The third-order valence-corrected chi connectivity index (χ3v) is 5.17. The van der Waals surface area contributed by atoms with Crippen LogP contribution in [0.15, 0.2) is 29.0 Å². The Bertz CT molecular complexity index is 1070. The Labute approximate surface area is 185 Å². The molecule has 3 aromatic heterocycles. The molecule has 2 atom stereocenters. The molecule has 1 fully saturated rings. The van der Waals surface area contributed by atoms with E-state index in [-0.39, 0.29) is 17.4 Å². The summed E-state index contributed by atoms with van der Waals surface area (Å²) in [6.45, 7) is 8.47. The van der Waals surface area contributed by atoms with E-state index >= 15 is 0 Å². The quantitative estimate of drug-likeness (QED) is 0.602. The Balaban J connectivity index is 1.61. The fourth-order valence-electron chi connectivity index (χ4n) is 3.72. The van der Waals surface area contributed by atoms with Crippen LogP contribution in [0, 0.1) is 6.92 Å². The third-order valence-electron chi connectivity index (χ3n) is 5.01. The van der Waals surface area contributed by atoms with Gasteiger partial charge >= 0.3 is 6.09 Å². The van der Waals surface area contributed by atoms with Gasteiger partial charge in [-0.1, -0.05) is 0 Å². The molecule has 4 heterocycles. The van der Waals surface area contributed by atoms with E-state index < -0.39 is 11.7 Å². The predicted molar refractivity (Wildman–Crippen MR) is 115 cm³/mol. The van der Waals surface area contributed by atoms with E-state index in [1.165, 1.54) is 0 Å². The van der Waals surface area contributed by atoms with Gasteiger partial charge in [0.15, 0.2) is 5.82 Å². The highest BCUT2D eigenvalue weighted by Gasteiger charge is 2.35. The molecule has 0 saturated carbocycles. The first-order valence-corrected chi connectivity index (χ1v) is 10.5. The highest BCUT2D eigenvalue weighted by Crippen LogP contribution is 2.35. The van der Waals surface area contributed by atoms with E-state index in [2.05, 4.69) is 20.7 Å². The summed E-state index contributed by atoms with van der Waals surface area (Å²) in [5.74, 6) is 1.37. The Morgan fingerprint density at radius 2 is 2.23 bits per heavy atom. The maximum Gasteiger partial charge on any atom is 0.407 e. The van der Waals surface area contributed by atoms with Crippen LogP contribution in [0.4, 0.5) is 10.6 Å². The number of alkyl carbamates (subject to hydrolysis) is 1. The van der Waals surface area contributed by atoms with Crippen molar-refractivity contribution in [3.8, 4) is 0 Å². The molecule has 0 radical (unpaired) electrons. The Morgan fingerprint density at radius 1 is 1.42 bits per heavy atom. The zero-order valence-electron chi connectivity index (χ0n) is 17.9. The number of rotatable bonds is 5. The van der Waals surface area contributed by atoms with Gasteiger partial charge in [-0.3, -0.25) is 0 Å². The van der Waals surface area contributed by atoms with Gasteiger partial charge in [0.25, 0.3) is 0 Å². The molecule has 166 valence electrons. The Kier molecular flexibility index (Phi) is 5.81. The van der Waals surface area contributed by atoms with Crippen molar-refractivity contribution in [1.82, 2.24) is 19.9 Å². The van der Waals surface area contributed by atoms with Crippen LogP contribution in [0.1, 0.15) is 50.2 Å². The topological polar surface area (TPSA) is 103 Å². The van der Waals surface area contributed by atoms with Crippen LogP contribution in [-0.4, -0.2) is 38.9 Å². The molecule has 4 rings (SSSR count). The second-order valence-corrected chi connectivity index (χ2v) is 8.84. The number of hydrogen-bond donors (Lipinski definition) is 2. The van der Waals surface area contributed by atoms with Gasteiger partial charge in [-0.15, -0.1) is 5.10 Å². The van der Waals surface area contributed by atoms with Crippen molar-refractivity contribution in [1.29, 1.82) is 0 Å². The number of nitrogens with zero attached hydrogens (tertiary/aromatic N) is 3. The van der Waals surface area contributed by atoms with Crippen molar-refractivity contribution < 1.29 is 18.7 Å². The average Bonchev–Trinajstić information content (AvgIpc) is 3.39. The highest BCUT2D eigenvalue weighted by molar-refractivity contribution is 6.28. The summed E-state index contributed by atoms with van der Waals surface area (Å²) in [5.41, 5.74) is 2.08. The van der Waals surface area contributed by atoms with Crippen LogP contribution in [-0.2, 0) is 16.0 Å². The number of nitrogens with one attached hydrogen (secondary N) is 2. The van der Waals surface area contributed by atoms with E-state index in [4.69, 9.17) is 25.5 Å². The molecule has 0 aliphatic carbocycles. The van der Waals surface area contributed by atoms with Crippen LogP contribution >= 0.6 is 11.6 Å². The average molecular weight is 448 g/mol. The van der Waals surface area contributed by atoms with Crippen molar-refractivity contribution in [3.05, 3.63) is 46.8 Å². The Hall–Kier alpha value is -2.78. The van der Waals surface area contributed by atoms with Crippen molar-refractivity contribution in [2.75, 3.05) is 11.9 Å². The zero-order chi connectivity index (χ0) is 22.2. The van der Waals surface area contributed by atoms with E-state index in [1.807, 2.05) is 46.0 Å². The van der Waals surface area contributed by atoms with E-state index in [0.29, 0.717) is 25.4 Å². The molecule has 9 nitrogen and oxygen atoms in total. The monoisotopic (exact) mass is 447 g/mol. The van der Waals surface area contributed by atoms with Gasteiger partial charge in [0.2, 0.25) is 5.28 Å². The molecule has 1 saturated heterocycles. The van der Waals surface area contributed by atoms with Gasteiger partial charge in [0.05, 0.1) is 18.8 Å². The number of anilines is 1. The van der Waals surface area contributed by atoms with Crippen molar-refractivity contribution in [3.63, 3.8) is 0 Å². The number of halogens is 1. The summed E-state index contributed by atoms with van der Waals surface area (Å²) in [4.78, 5) is 16.7. The van der Waals surface area contributed by atoms with Crippen molar-refractivity contribution >= 4 is 29.0 Å². The van der Waals surface area contributed by atoms with Crippen LogP contribution in [0.5, 0.6) is 0 Å². The summed E-state index contributed by atoms with van der Waals surface area (Å²) >= 11 is 6.15. The molecule has 0 unspecified atom stereocenters. The summed E-state index contributed by atoms with van der Waals surface area (Å²) in [7, 11) is 0. The molecule has 1 aliphatic rings. The SMILES string of the molecule is Cc1c([C@H]2OCC[C@@H]2NC(=O)OC(C)(C)C)cn2nc(Cl)nc(NCc3ccco3)c12. The molecule has 1 aliphatic heterocycles. The van der Waals surface area contributed by atoms with Crippen LogP contribution < -0.4 is 10.6 Å². The second-order valence-electron chi connectivity index (χ2n) is 8.50. The maximum atomic E-state index is 12.3. The standard InChI is InChI=1S/C21H26ClN5O4/c1-12-14(17-15(7-9-30-17)24-20(28)31-21(2,3)4)11-27-16(12)18(25-19(22)26-27)23-10-13-6-5-8-29-13/h5-6,8,11,15,17H,7,9-10H2,1-4H3,(H,24,28)(H,23,25,26)/t15-,17+/m0/s1. The molecule has 3 aromatic rings. The highest BCUT2D eigenvalue weighted by atomic mass is 35.5. The smallest absolute Gasteiger partial charge is 0.407 e. The largest absolute Gasteiger partial charge is 0.467 e. The van der Waals surface area contributed by atoms with Gasteiger partial charge in [0.1, 0.15) is 23.0 Å². The Morgan fingerprint density at radius 3 is 2.94 bits per heavy atom. The maximum absolute atomic E-state index is 12.3. The lowest BCUT2D eigenvalue weighted by molar-refractivity contribution is 0.0446. The summed E-state index contributed by atoms with van der Waals surface area (Å²) in [6, 6.07) is 3.49. The lowest BCUT2D eigenvalue weighted by atomic mass is 10.0. The number of fused-ring (bicyclic) bond motifs is 1. The molecule has 1 amide bonds. The van der Waals surface area contributed by atoms with Gasteiger partial charge in [-0.25, -0.2) is 9.31 Å². The summed E-state index contributed by atoms with van der Waals surface area (Å²) in [6.07, 6.45) is 3.39. The number of carbonyl (C=O) groups excluding carboxylic acids is 1. The number of furan rings is 1. The van der Waals surface area contributed by atoms with Gasteiger partial charge in [-0.2, -0.15) is 4.98 Å². The molecule has 0 spiro atoms. The molecular weight excluding hydrogens is 422 g/mol. The number of aryl methyl sites for hydroxylation is 1. The minimum absolute atomic E-state index is 0.117. The zero-order valence-corrected chi connectivity index (χ0v) is 18.7. The number of amides is 1. The van der Waals surface area contributed by atoms with Crippen LogP contribution in [0.3, 0.4) is 0 Å². The summed E-state index contributed by atoms with van der Waals surface area (Å²) in [5, 5.41) is 10.6. The van der Waals surface area contributed by atoms with Crippen molar-refractivity contribution in [2.24, 2.45) is 0 Å². The molecule has 10 heteroatoms. The van der Waals surface area contributed by atoms with E-state index in [1.54, 1.807) is 10.8 Å². The predicted octanol–water partition coefficient (Wildman–Crippen LogP) is 4.25. The molecule has 0 aromatic carbocycles. The minimum atomic E-state index is -0.569. The third kappa shape index (κ3) is 4.77. The van der Waals surface area contributed by atoms with Gasteiger partial charge < -0.3 is 24.5 Å². The van der Waals surface area contributed by atoms with Gasteiger partial charge in [-0.05, 0) is 63.4 Å². The molecule has 31 heavy (non-hydrogen) atoms. The van der Waals surface area contributed by atoms with Crippen LogP contribution in [0.2, 0.25) is 5.28 Å². The van der Waals surface area contributed by atoms with Gasteiger partial charge in [0, 0.05) is 18.4 Å². The van der Waals surface area contributed by atoms with E-state index in [0.717, 1.165) is 22.4 Å². The molecular formula is C21H26ClN5O4. The minimum Gasteiger partial charge on any atom is -0.467 e. The lowest BCUT2D eigenvalue weighted by Crippen LogP contribution is -2.40. The molecule has 0 bridgehead atoms. The van der Waals surface area contributed by atoms with E-state index in [9.17, 15) is 4.79 Å². The lowest BCUT2D eigenvalue weighted by Gasteiger charge is -2.24. The first kappa shape index (κ1) is 21.5. The first-order valence-electron chi connectivity index (χ1n) is 10.1. The number of hydrogen-bond acceptors (Lipinski definition) is 7. The van der Waals surface area contributed by atoms with Crippen molar-refractivity contribution in [2.45, 2.75) is 58.4 Å². The first-order chi connectivity index (χ1) is 14.7. The number of carbonyl (C=O) groups is 1. The fourth-order valence-corrected chi connectivity index (χ4v) is 3.89. The molecule has 2 N–H and O–H groups in total.